The van der Waals surface area contributed by atoms with Gasteiger partial charge in [0.2, 0.25) is 11.8 Å². The first-order valence-corrected chi connectivity index (χ1v) is 11.3. The largest absolute Gasteiger partial charge is 0.369 e. The molecule has 0 spiro atoms. The normalized spacial score (nSPS) is 19.3. The molecule has 1 aromatic carbocycles. The maximum Gasteiger partial charge on any atom is 0.233 e. The molecule has 5 rings (SSSR count). The van der Waals surface area contributed by atoms with Crippen LogP contribution >= 0.6 is 11.8 Å². The first-order valence-electron chi connectivity index (χ1n) is 10.3. The quantitative estimate of drug-likeness (QED) is 0.591. The molecule has 2 fully saturated rings. The summed E-state index contributed by atoms with van der Waals surface area (Å²) >= 11 is 1.42. The second kappa shape index (κ2) is 7.79. The fourth-order valence-corrected chi connectivity index (χ4v) is 5.04. The minimum absolute atomic E-state index is 0.0185. The highest BCUT2D eigenvalue weighted by Gasteiger charge is 2.32. The molecular formula is C21H24N6O2S. The Kier molecular flexibility index (Phi) is 4.98. The number of nitrogens with zero attached hydrogens (tertiary/aromatic N) is 4. The average Bonchev–Trinajstić information content (AvgIpc) is 3.38. The number of aromatic nitrogens is 4. The van der Waals surface area contributed by atoms with Gasteiger partial charge in [-0.3, -0.25) is 14.2 Å². The summed E-state index contributed by atoms with van der Waals surface area (Å²) in [4.78, 5) is 29.3. The Balaban J connectivity index is 1.35. The third kappa shape index (κ3) is 3.58. The molecule has 1 saturated carbocycles. The summed E-state index contributed by atoms with van der Waals surface area (Å²) in [6.45, 7) is 1.10. The monoisotopic (exact) mass is 424 g/mol. The minimum atomic E-state index is -0.322. The second-order valence-corrected chi connectivity index (χ2v) is 8.97. The van der Waals surface area contributed by atoms with Crippen LogP contribution in [0.4, 0.5) is 0 Å². The molecule has 0 radical (unpaired) electrons. The van der Waals surface area contributed by atoms with Crippen LogP contribution in [0.1, 0.15) is 31.7 Å². The lowest BCUT2D eigenvalue weighted by Gasteiger charge is -2.31. The van der Waals surface area contributed by atoms with E-state index in [2.05, 4.69) is 25.8 Å². The number of nitrogens with one attached hydrogen (secondary N) is 1. The number of thioether (sulfide) groups is 1. The fourth-order valence-electron chi connectivity index (χ4n) is 4.13. The van der Waals surface area contributed by atoms with Crippen LogP contribution in [-0.2, 0) is 9.59 Å². The number of aromatic amines is 1. The van der Waals surface area contributed by atoms with E-state index in [0.29, 0.717) is 19.1 Å². The van der Waals surface area contributed by atoms with Crippen LogP contribution in [0.5, 0.6) is 0 Å². The fraction of sp³-hybridized carbons (Fsp3) is 0.429. The van der Waals surface area contributed by atoms with Crippen LogP contribution in [0, 0.1) is 5.92 Å². The Hall–Kier alpha value is -2.81. The summed E-state index contributed by atoms with van der Waals surface area (Å²) in [6, 6.07) is 8.53. The summed E-state index contributed by atoms with van der Waals surface area (Å²) in [5, 5.41) is 10.8. The van der Waals surface area contributed by atoms with Gasteiger partial charge in [0.1, 0.15) is 0 Å². The van der Waals surface area contributed by atoms with E-state index in [4.69, 9.17) is 5.73 Å². The van der Waals surface area contributed by atoms with E-state index in [1.807, 2.05) is 24.4 Å². The van der Waals surface area contributed by atoms with Crippen LogP contribution in [0.3, 0.4) is 0 Å². The zero-order valence-corrected chi connectivity index (χ0v) is 17.4. The van der Waals surface area contributed by atoms with Crippen molar-refractivity contribution in [3.63, 3.8) is 0 Å². The maximum absolute atomic E-state index is 12.7. The minimum Gasteiger partial charge on any atom is -0.369 e. The third-order valence-corrected chi connectivity index (χ3v) is 6.84. The average molecular weight is 425 g/mol. The lowest BCUT2D eigenvalue weighted by Crippen LogP contribution is -2.44. The molecule has 2 amide bonds. The number of carbonyl (C=O) groups excluding carboxylic acids is 2. The zero-order chi connectivity index (χ0) is 20.7. The zero-order valence-electron chi connectivity index (χ0n) is 16.6. The molecule has 0 bridgehead atoms. The number of amides is 2. The Morgan fingerprint density at radius 2 is 2.03 bits per heavy atom. The molecule has 0 unspecified atom stereocenters. The number of carbonyl (C=O) groups is 2. The molecule has 2 aliphatic rings. The SMILES string of the molecule is NC(=O)[C@H]1CCCN(C(=O)CSc2nnc(-c3c[nH]c4ccccc34)n2C2CC2)C1. The topological polar surface area (TPSA) is 110 Å². The number of piperidine rings is 1. The van der Waals surface area contributed by atoms with E-state index < -0.39 is 0 Å². The molecule has 3 N–H and O–H groups in total. The van der Waals surface area contributed by atoms with Crippen molar-refractivity contribution in [2.24, 2.45) is 11.7 Å². The van der Waals surface area contributed by atoms with E-state index in [0.717, 1.165) is 53.1 Å². The molecule has 156 valence electrons. The maximum atomic E-state index is 12.7. The molecule has 1 atom stereocenters. The van der Waals surface area contributed by atoms with E-state index in [1.165, 1.54) is 11.8 Å². The van der Waals surface area contributed by atoms with Gasteiger partial charge < -0.3 is 15.6 Å². The Morgan fingerprint density at radius 3 is 2.83 bits per heavy atom. The van der Waals surface area contributed by atoms with Crippen LogP contribution in [-0.4, -0.2) is 55.3 Å². The highest BCUT2D eigenvalue weighted by atomic mass is 32.2. The number of benzene rings is 1. The van der Waals surface area contributed by atoms with E-state index in [-0.39, 0.29) is 23.5 Å². The number of primary amides is 1. The van der Waals surface area contributed by atoms with Gasteiger partial charge in [0.15, 0.2) is 11.0 Å². The molecule has 1 aliphatic heterocycles. The van der Waals surface area contributed by atoms with Gasteiger partial charge in [0, 0.05) is 41.8 Å². The first-order chi connectivity index (χ1) is 14.6. The van der Waals surface area contributed by atoms with Crippen molar-refractivity contribution in [3.05, 3.63) is 30.5 Å². The van der Waals surface area contributed by atoms with Gasteiger partial charge in [-0.1, -0.05) is 30.0 Å². The van der Waals surface area contributed by atoms with E-state index >= 15 is 0 Å². The molecule has 8 nitrogen and oxygen atoms in total. The van der Waals surface area contributed by atoms with Gasteiger partial charge in [0.05, 0.1) is 11.7 Å². The molecule has 3 aromatic rings. The lowest BCUT2D eigenvalue weighted by atomic mass is 9.97. The highest BCUT2D eigenvalue weighted by molar-refractivity contribution is 7.99. The third-order valence-electron chi connectivity index (χ3n) is 5.91. The molecule has 1 saturated heterocycles. The van der Waals surface area contributed by atoms with Crippen molar-refractivity contribution >= 4 is 34.5 Å². The van der Waals surface area contributed by atoms with Gasteiger partial charge in [-0.25, -0.2) is 0 Å². The van der Waals surface area contributed by atoms with Crippen molar-refractivity contribution in [3.8, 4) is 11.4 Å². The number of hydrogen-bond donors (Lipinski definition) is 2. The molecule has 1 aliphatic carbocycles. The summed E-state index contributed by atoms with van der Waals surface area (Å²) in [5.74, 6) is 0.583. The van der Waals surface area contributed by atoms with Gasteiger partial charge in [0.25, 0.3) is 0 Å². The van der Waals surface area contributed by atoms with Crippen molar-refractivity contribution < 1.29 is 9.59 Å². The van der Waals surface area contributed by atoms with Crippen LogP contribution in [0.2, 0.25) is 0 Å². The number of fused-ring (bicyclic) bond motifs is 1. The predicted molar refractivity (Wildman–Crippen MR) is 115 cm³/mol. The van der Waals surface area contributed by atoms with Gasteiger partial charge in [-0.15, -0.1) is 10.2 Å². The Morgan fingerprint density at radius 1 is 1.20 bits per heavy atom. The van der Waals surface area contributed by atoms with Crippen LogP contribution < -0.4 is 5.73 Å². The summed E-state index contributed by atoms with van der Waals surface area (Å²) in [7, 11) is 0. The summed E-state index contributed by atoms with van der Waals surface area (Å²) in [5.41, 5.74) is 7.53. The standard InChI is InChI=1S/C21H24N6O2S/c22-19(29)13-4-3-9-26(11-13)18(28)12-30-21-25-24-20(27(21)14-7-8-14)16-10-23-17-6-2-1-5-15(16)17/h1-2,5-6,10,13-14,23H,3-4,7-9,11-12H2,(H2,22,29)/t13-/m0/s1. The smallest absolute Gasteiger partial charge is 0.233 e. The summed E-state index contributed by atoms with van der Waals surface area (Å²) in [6.07, 6.45) is 5.75. The van der Waals surface area contributed by atoms with Crippen molar-refractivity contribution in [2.45, 2.75) is 36.9 Å². The number of H-pyrrole nitrogens is 1. The number of rotatable bonds is 6. The summed E-state index contributed by atoms with van der Waals surface area (Å²) < 4.78 is 2.18. The Bertz CT molecular complexity index is 1100. The van der Waals surface area contributed by atoms with E-state index in [1.54, 1.807) is 4.90 Å². The van der Waals surface area contributed by atoms with E-state index in [9.17, 15) is 9.59 Å². The first kappa shape index (κ1) is 19.2. The molecule has 30 heavy (non-hydrogen) atoms. The van der Waals surface area contributed by atoms with Crippen molar-refractivity contribution in [1.29, 1.82) is 0 Å². The molecular weight excluding hydrogens is 400 g/mol. The van der Waals surface area contributed by atoms with Crippen LogP contribution in [0.25, 0.3) is 22.3 Å². The predicted octanol–water partition coefficient (Wildman–Crippen LogP) is 2.58. The van der Waals surface area contributed by atoms with Crippen molar-refractivity contribution in [2.75, 3.05) is 18.8 Å². The lowest BCUT2D eigenvalue weighted by molar-refractivity contribution is -0.132. The number of nitrogens with two attached hydrogens (primary N) is 1. The highest BCUT2D eigenvalue weighted by Crippen LogP contribution is 2.42. The second-order valence-electron chi connectivity index (χ2n) is 8.03. The molecule has 2 aromatic heterocycles. The van der Waals surface area contributed by atoms with Crippen molar-refractivity contribution in [1.82, 2.24) is 24.6 Å². The van der Waals surface area contributed by atoms with Gasteiger partial charge in [-0.2, -0.15) is 0 Å². The molecule has 9 heteroatoms. The number of likely N-dealkylation sites (tertiary alicyclic amines) is 1. The van der Waals surface area contributed by atoms with Gasteiger partial charge in [-0.05, 0) is 31.7 Å². The number of hydrogen-bond acceptors (Lipinski definition) is 5. The van der Waals surface area contributed by atoms with Crippen LogP contribution in [0.15, 0.2) is 35.6 Å². The molecule has 3 heterocycles. The Labute approximate surface area is 178 Å². The number of para-hydroxylation sites is 1. The van der Waals surface area contributed by atoms with Gasteiger partial charge >= 0.3 is 0 Å².